The van der Waals surface area contributed by atoms with Gasteiger partial charge in [0.1, 0.15) is 6.17 Å². The van der Waals surface area contributed by atoms with E-state index in [2.05, 4.69) is 186 Å². The Morgan fingerprint density at radius 2 is 1.24 bits per heavy atom. The molecule has 0 saturated heterocycles. The minimum atomic E-state index is -0.0696. The maximum absolute atomic E-state index is 3.97. The topological polar surface area (TPSA) is 17.0 Å². The Morgan fingerprint density at radius 1 is 0.580 bits per heavy atom. The molecule has 10 rings (SSSR count). The van der Waals surface area contributed by atoms with Crippen LogP contribution in [0.3, 0.4) is 0 Å². The summed E-state index contributed by atoms with van der Waals surface area (Å²) in [7, 11) is 0. The minimum Gasteiger partial charge on any atom is -0.361 e. The number of hydrogen-bond acceptors (Lipinski definition) is 2. The molecule has 2 aromatic heterocycles. The number of nitrogens with one attached hydrogen (secondary N) is 1. The van der Waals surface area contributed by atoms with Gasteiger partial charge >= 0.3 is 0 Å². The monoisotopic (exact) mass is 658 g/mol. The zero-order chi connectivity index (χ0) is 33.0. The lowest BCUT2D eigenvalue weighted by Gasteiger charge is -2.29. The molecule has 8 aromatic rings. The van der Waals surface area contributed by atoms with Crippen molar-refractivity contribution in [1.82, 2.24) is 9.88 Å². The van der Waals surface area contributed by atoms with Gasteiger partial charge in [-0.25, -0.2) is 0 Å². The van der Waals surface area contributed by atoms with Crippen molar-refractivity contribution < 1.29 is 0 Å². The molecule has 238 valence electrons. The van der Waals surface area contributed by atoms with Crippen molar-refractivity contribution in [2.45, 2.75) is 18.5 Å². The summed E-state index contributed by atoms with van der Waals surface area (Å²) in [5.41, 5.74) is 12.6. The summed E-state index contributed by atoms with van der Waals surface area (Å²) in [6.45, 7) is 0. The van der Waals surface area contributed by atoms with E-state index in [4.69, 9.17) is 0 Å². The van der Waals surface area contributed by atoms with Crippen LogP contribution in [0.25, 0.3) is 59.5 Å². The lowest BCUT2D eigenvalue weighted by molar-refractivity contribution is 0.568. The van der Waals surface area contributed by atoms with E-state index in [0.717, 1.165) is 12.1 Å². The molecule has 1 aliphatic heterocycles. The maximum atomic E-state index is 3.97. The Labute approximate surface area is 296 Å². The number of aromatic nitrogens is 1. The zero-order valence-corrected chi connectivity index (χ0v) is 28.3. The van der Waals surface area contributed by atoms with Crippen molar-refractivity contribution in [2.24, 2.45) is 0 Å². The molecule has 2 aliphatic rings. The molecule has 0 radical (unpaired) electrons. The van der Waals surface area contributed by atoms with E-state index in [-0.39, 0.29) is 6.17 Å². The van der Waals surface area contributed by atoms with Crippen LogP contribution in [0.4, 0.5) is 0 Å². The van der Waals surface area contributed by atoms with E-state index < -0.39 is 0 Å². The van der Waals surface area contributed by atoms with Crippen LogP contribution in [0.5, 0.6) is 0 Å². The average Bonchev–Trinajstić information content (AvgIpc) is 3.74. The summed E-state index contributed by atoms with van der Waals surface area (Å²) in [4.78, 5) is 0. The normalized spacial score (nSPS) is 17.0. The first kappa shape index (κ1) is 29.1. The molecular formula is C47H34N2S. The number of fused-ring (bicyclic) bond motifs is 6. The van der Waals surface area contributed by atoms with Crippen LogP contribution in [-0.2, 0) is 6.42 Å². The number of allylic oxidation sites excluding steroid dienone is 3. The highest BCUT2D eigenvalue weighted by Crippen LogP contribution is 2.44. The highest BCUT2D eigenvalue weighted by molar-refractivity contribution is 7.26. The lowest BCUT2D eigenvalue weighted by Crippen LogP contribution is -2.27. The van der Waals surface area contributed by atoms with Crippen LogP contribution in [-0.4, -0.2) is 4.57 Å². The van der Waals surface area contributed by atoms with Crippen molar-refractivity contribution in [3.63, 3.8) is 0 Å². The second kappa shape index (κ2) is 11.9. The smallest absolute Gasteiger partial charge is 0.124 e. The highest BCUT2D eigenvalue weighted by Gasteiger charge is 2.28. The van der Waals surface area contributed by atoms with E-state index in [1.165, 1.54) is 75.7 Å². The average molecular weight is 659 g/mol. The van der Waals surface area contributed by atoms with Gasteiger partial charge in [-0.05, 0) is 75.7 Å². The van der Waals surface area contributed by atoms with E-state index in [9.17, 15) is 0 Å². The third-order valence-electron chi connectivity index (χ3n) is 10.4. The Kier molecular flexibility index (Phi) is 6.92. The van der Waals surface area contributed by atoms with Crippen molar-refractivity contribution in [3.05, 3.63) is 198 Å². The fraction of sp³-hybridized carbons (Fsp3) is 0.0638. The second-order valence-electron chi connectivity index (χ2n) is 13.3. The molecule has 1 N–H and O–H groups in total. The molecule has 1 aliphatic carbocycles. The van der Waals surface area contributed by atoms with Gasteiger partial charge in [0, 0.05) is 42.9 Å². The third-order valence-corrected chi connectivity index (χ3v) is 11.7. The van der Waals surface area contributed by atoms with Crippen molar-refractivity contribution in [3.8, 4) is 11.1 Å². The molecule has 50 heavy (non-hydrogen) atoms. The molecule has 2 atom stereocenters. The Morgan fingerprint density at radius 3 is 2.06 bits per heavy atom. The number of thiophene rings is 1. The predicted molar refractivity (Wildman–Crippen MR) is 213 cm³/mol. The first-order valence-electron chi connectivity index (χ1n) is 17.4. The Hall–Kier alpha value is -5.90. The molecule has 2 unspecified atom stereocenters. The zero-order valence-electron chi connectivity index (χ0n) is 27.5. The first-order valence-corrected chi connectivity index (χ1v) is 18.2. The Bertz CT molecular complexity index is 2640. The van der Waals surface area contributed by atoms with Gasteiger partial charge in [0.25, 0.3) is 0 Å². The summed E-state index contributed by atoms with van der Waals surface area (Å²) >= 11 is 1.93. The van der Waals surface area contributed by atoms with Gasteiger partial charge in [0.15, 0.2) is 0 Å². The number of rotatable bonds is 5. The van der Waals surface area contributed by atoms with Gasteiger partial charge in [-0.1, -0.05) is 146 Å². The van der Waals surface area contributed by atoms with E-state index in [1.54, 1.807) is 0 Å². The summed E-state index contributed by atoms with van der Waals surface area (Å²) in [6, 6.07) is 54.9. The fourth-order valence-electron chi connectivity index (χ4n) is 8.02. The molecule has 0 saturated carbocycles. The molecule has 6 aromatic carbocycles. The molecule has 3 heteroatoms. The standard InChI is InChI=1S/C47H34N2S/c1-3-12-31(13-4-1)33-22-24-34(25-23-33)42-29-36(32-14-5-2-6-15-32)30-46(48-42)49-43-20-9-7-16-38(43)41-28-35(26-27-44(41)49)37-18-11-19-40-39-17-8-10-21-45(39)50-47(37)40/h1-27,29-30,35,46,48H,28H2. The van der Waals surface area contributed by atoms with Crippen LogP contribution in [0.1, 0.15) is 40.0 Å². The summed E-state index contributed by atoms with van der Waals surface area (Å²) in [6.07, 6.45) is 10.4. The second-order valence-corrected chi connectivity index (χ2v) is 14.4. The van der Waals surface area contributed by atoms with Gasteiger partial charge in [0.05, 0.1) is 5.52 Å². The molecular weight excluding hydrogens is 625 g/mol. The largest absolute Gasteiger partial charge is 0.361 e. The van der Waals surface area contributed by atoms with Gasteiger partial charge in [0.2, 0.25) is 0 Å². The Balaban J connectivity index is 1.07. The SMILES string of the molecule is C1=CC(c2cccc3c2sc2ccccc23)Cc2c1n(C1C=C(c3ccccc3)C=C(c3ccc(-c4ccccc4)cc3)N1)c1ccccc21. The quantitative estimate of drug-likeness (QED) is 0.195. The number of hydrogen-bond donors (Lipinski definition) is 1. The van der Waals surface area contributed by atoms with Crippen molar-refractivity contribution >= 4 is 59.8 Å². The number of para-hydroxylation sites is 1. The van der Waals surface area contributed by atoms with Crippen LogP contribution in [0, 0.1) is 0 Å². The van der Waals surface area contributed by atoms with Crippen LogP contribution in [0.15, 0.2) is 170 Å². The van der Waals surface area contributed by atoms with E-state index >= 15 is 0 Å². The molecule has 0 spiro atoms. The third kappa shape index (κ3) is 4.85. The first-order chi connectivity index (χ1) is 24.8. The van der Waals surface area contributed by atoms with Crippen LogP contribution in [0.2, 0.25) is 0 Å². The van der Waals surface area contributed by atoms with E-state index in [0.29, 0.717) is 5.92 Å². The fourth-order valence-corrected chi connectivity index (χ4v) is 9.30. The molecule has 0 fully saturated rings. The van der Waals surface area contributed by atoms with Gasteiger partial charge in [-0.2, -0.15) is 0 Å². The van der Waals surface area contributed by atoms with Gasteiger partial charge in [-0.3, -0.25) is 0 Å². The van der Waals surface area contributed by atoms with Gasteiger partial charge in [-0.15, -0.1) is 11.3 Å². The molecule has 2 nitrogen and oxygen atoms in total. The molecule has 3 heterocycles. The van der Waals surface area contributed by atoms with Gasteiger partial charge < -0.3 is 9.88 Å². The number of nitrogens with zero attached hydrogens (tertiary/aromatic N) is 1. The molecule has 0 bridgehead atoms. The minimum absolute atomic E-state index is 0.0696. The maximum Gasteiger partial charge on any atom is 0.124 e. The highest BCUT2D eigenvalue weighted by atomic mass is 32.1. The summed E-state index contributed by atoms with van der Waals surface area (Å²) in [5.74, 6) is 0.312. The number of benzene rings is 6. The lowest BCUT2D eigenvalue weighted by atomic mass is 9.86. The molecule has 0 amide bonds. The van der Waals surface area contributed by atoms with Crippen molar-refractivity contribution in [1.29, 1.82) is 0 Å². The van der Waals surface area contributed by atoms with Crippen LogP contribution >= 0.6 is 11.3 Å². The van der Waals surface area contributed by atoms with E-state index in [1.807, 2.05) is 11.3 Å². The van der Waals surface area contributed by atoms with Crippen molar-refractivity contribution in [2.75, 3.05) is 0 Å². The summed E-state index contributed by atoms with van der Waals surface area (Å²) < 4.78 is 5.29. The van der Waals surface area contributed by atoms with Crippen LogP contribution < -0.4 is 5.32 Å². The predicted octanol–water partition coefficient (Wildman–Crippen LogP) is 12.3. The summed E-state index contributed by atoms with van der Waals surface area (Å²) in [5, 5.41) is 8.03. The number of dihydropyridines is 1.